The van der Waals surface area contributed by atoms with Gasteiger partial charge in [-0.1, -0.05) is 50.2 Å². The fourth-order valence-electron chi connectivity index (χ4n) is 2.32. The van der Waals surface area contributed by atoms with Gasteiger partial charge in [0.2, 0.25) is 0 Å². The van der Waals surface area contributed by atoms with Crippen molar-refractivity contribution < 1.29 is 5.11 Å². The van der Waals surface area contributed by atoms with E-state index in [4.69, 9.17) is 5.73 Å². The Morgan fingerprint density at radius 2 is 1.42 bits per heavy atom. The lowest BCUT2D eigenvalue weighted by Crippen LogP contribution is -2.20. The lowest BCUT2D eigenvalue weighted by atomic mass is 9.79. The molecule has 0 aliphatic carbocycles. The summed E-state index contributed by atoms with van der Waals surface area (Å²) in [6, 6.07) is 15.9. The Balaban J connectivity index is 2.18. The minimum Gasteiger partial charge on any atom is -0.508 e. The zero-order valence-corrected chi connectivity index (χ0v) is 11.6. The maximum absolute atomic E-state index is 9.32. The second kappa shape index (κ2) is 5.45. The quantitative estimate of drug-likeness (QED) is 0.880. The van der Waals surface area contributed by atoms with Crippen LogP contribution in [0.15, 0.2) is 48.5 Å². The van der Waals surface area contributed by atoms with E-state index in [0.717, 1.165) is 12.0 Å². The van der Waals surface area contributed by atoms with Gasteiger partial charge in [0.05, 0.1) is 0 Å². The molecule has 0 saturated heterocycles. The largest absolute Gasteiger partial charge is 0.508 e. The standard InChI is InChI=1S/C17H21NO/c1-17(2,11-13-5-9-16(19)10-6-13)15-7-3-14(12-18)4-8-15/h3-10,19H,11-12,18H2,1-2H3. The third-order valence-electron chi connectivity index (χ3n) is 3.55. The predicted octanol–water partition coefficient (Wildman–Crippen LogP) is 3.37. The molecule has 2 aromatic carbocycles. The summed E-state index contributed by atoms with van der Waals surface area (Å²) in [5.74, 6) is 0.314. The summed E-state index contributed by atoms with van der Waals surface area (Å²) >= 11 is 0. The van der Waals surface area contributed by atoms with Crippen LogP contribution in [-0.2, 0) is 18.4 Å². The van der Waals surface area contributed by atoms with Crippen LogP contribution in [0, 0.1) is 0 Å². The van der Waals surface area contributed by atoms with Gasteiger partial charge in [0, 0.05) is 6.54 Å². The lowest BCUT2D eigenvalue weighted by molar-refractivity contribution is 0.474. The molecule has 0 aromatic heterocycles. The van der Waals surface area contributed by atoms with Gasteiger partial charge in [0.1, 0.15) is 5.75 Å². The van der Waals surface area contributed by atoms with Gasteiger partial charge >= 0.3 is 0 Å². The fourth-order valence-corrected chi connectivity index (χ4v) is 2.32. The molecular formula is C17H21NO. The van der Waals surface area contributed by atoms with Crippen LogP contribution in [0.4, 0.5) is 0 Å². The van der Waals surface area contributed by atoms with Crippen molar-refractivity contribution in [3.63, 3.8) is 0 Å². The number of phenols is 1. The number of nitrogens with two attached hydrogens (primary N) is 1. The van der Waals surface area contributed by atoms with Gasteiger partial charge in [0.25, 0.3) is 0 Å². The van der Waals surface area contributed by atoms with Gasteiger partial charge in [-0.15, -0.1) is 0 Å². The van der Waals surface area contributed by atoms with Crippen molar-refractivity contribution in [3.05, 3.63) is 65.2 Å². The Labute approximate surface area is 114 Å². The Hall–Kier alpha value is -1.80. The first-order valence-corrected chi connectivity index (χ1v) is 6.59. The SMILES string of the molecule is CC(C)(Cc1ccc(O)cc1)c1ccc(CN)cc1. The summed E-state index contributed by atoms with van der Waals surface area (Å²) in [7, 11) is 0. The Morgan fingerprint density at radius 1 is 0.895 bits per heavy atom. The molecule has 2 aromatic rings. The number of hydrogen-bond donors (Lipinski definition) is 2. The zero-order chi connectivity index (χ0) is 13.9. The second-order valence-electron chi connectivity index (χ2n) is 5.63. The molecule has 2 heteroatoms. The molecule has 0 aliphatic rings. The second-order valence-corrected chi connectivity index (χ2v) is 5.63. The number of rotatable bonds is 4. The topological polar surface area (TPSA) is 46.2 Å². The summed E-state index contributed by atoms with van der Waals surface area (Å²) in [4.78, 5) is 0. The Kier molecular flexibility index (Phi) is 3.91. The summed E-state index contributed by atoms with van der Waals surface area (Å²) < 4.78 is 0. The van der Waals surface area contributed by atoms with Crippen molar-refractivity contribution in [1.82, 2.24) is 0 Å². The van der Waals surface area contributed by atoms with Crippen LogP contribution < -0.4 is 5.73 Å². The molecule has 2 rings (SSSR count). The van der Waals surface area contributed by atoms with Gasteiger partial charge < -0.3 is 10.8 Å². The molecule has 0 saturated carbocycles. The molecule has 0 atom stereocenters. The van der Waals surface area contributed by atoms with E-state index in [1.165, 1.54) is 11.1 Å². The van der Waals surface area contributed by atoms with Crippen LogP contribution in [0.5, 0.6) is 5.75 Å². The van der Waals surface area contributed by atoms with Crippen molar-refractivity contribution >= 4 is 0 Å². The van der Waals surface area contributed by atoms with Crippen LogP contribution in [-0.4, -0.2) is 5.11 Å². The zero-order valence-electron chi connectivity index (χ0n) is 11.6. The minimum atomic E-state index is 0.0596. The van der Waals surface area contributed by atoms with Crippen LogP contribution in [0.2, 0.25) is 0 Å². The van der Waals surface area contributed by atoms with E-state index >= 15 is 0 Å². The summed E-state index contributed by atoms with van der Waals surface area (Å²) in [6.45, 7) is 5.05. The van der Waals surface area contributed by atoms with Crippen molar-refractivity contribution in [2.24, 2.45) is 5.73 Å². The number of hydrogen-bond acceptors (Lipinski definition) is 2. The van der Waals surface area contributed by atoms with Crippen molar-refractivity contribution in [2.45, 2.75) is 32.2 Å². The summed E-state index contributed by atoms with van der Waals surface area (Å²) in [5, 5.41) is 9.32. The van der Waals surface area contributed by atoms with Gasteiger partial charge in [-0.05, 0) is 40.7 Å². The molecule has 0 unspecified atom stereocenters. The molecular weight excluding hydrogens is 234 g/mol. The van der Waals surface area contributed by atoms with Crippen LogP contribution in [0.25, 0.3) is 0 Å². The molecule has 3 N–H and O–H groups in total. The van der Waals surface area contributed by atoms with Crippen LogP contribution in [0.3, 0.4) is 0 Å². The van der Waals surface area contributed by atoms with Gasteiger partial charge in [0.15, 0.2) is 0 Å². The van der Waals surface area contributed by atoms with Crippen LogP contribution >= 0.6 is 0 Å². The number of phenolic OH excluding ortho intramolecular Hbond substituents is 1. The Morgan fingerprint density at radius 3 is 1.95 bits per heavy atom. The molecule has 0 fully saturated rings. The van der Waals surface area contributed by atoms with E-state index in [-0.39, 0.29) is 5.41 Å². The highest BCUT2D eigenvalue weighted by molar-refractivity contribution is 5.32. The van der Waals surface area contributed by atoms with Crippen LogP contribution in [0.1, 0.15) is 30.5 Å². The molecule has 0 bridgehead atoms. The minimum absolute atomic E-state index is 0.0596. The smallest absolute Gasteiger partial charge is 0.115 e. The highest BCUT2D eigenvalue weighted by atomic mass is 16.3. The lowest BCUT2D eigenvalue weighted by Gasteiger charge is -2.25. The van der Waals surface area contributed by atoms with E-state index in [0.29, 0.717) is 12.3 Å². The number of aromatic hydroxyl groups is 1. The van der Waals surface area contributed by atoms with Gasteiger partial charge in [-0.25, -0.2) is 0 Å². The molecule has 0 aliphatic heterocycles. The molecule has 2 nitrogen and oxygen atoms in total. The van der Waals surface area contributed by atoms with E-state index in [2.05, 4.69) is 38.1 Å². The summed E-state index contributed by atoms with van der Waals surface area (Å²) in [6.07, 6.45) is 0.940. The van der Waals surface area contributed by atoms with Crippen molar-refractivity contribution in [3.8, 4) is 5.75 Å². The normalized spacial score (nSPS) is 11.5. The van der Waals surface area contributed by atoms with Gasteiger partial charge in [-0.2, -0.15) is 0 Å². The van der Waals surface area contributed by atoms with Crippen molar-refractivity contribution in [1.29, 1.82) is 0 Å². The van der Waals surface area contributed by atoms with Crippen molar-refractivity contribution in [2.75, 3.05) is 0 Å². The van der Waals surface area contributed by atoms with E-state index < -0.39 is 0 Å². The third-order valence-corrected chi connectivity index (χ3v) is 3.55. The predicted molar refractivity (Wildman–Crippen MR) is 79.2 cm³/mol. The molecule has 0 radical (unpaired) electrons. The molecule has 19 heavy (non-hydrogen) atoms. The average molecular weight is 255 g/mol. The Bertz CT molecular complexity index is 526. The molecule has 0 heterocycles. The third kappa shape index (κ3) is 3.36. The fraction of sp³-hybridized carbons (Fsp3) is 0.294. The first kappa shape index (κ1) is 13.6. The van der Waals surface area contributed by atoms with E-state index in [1.54, 1.807) is 12.1 Å². The molecule has 0 amide bonds. The highest BCUT2D eigenvalue weighted by Crippen LogP contribution is 2.28. The highest BCUT2D eigenvalue weighted by Gasteiger charge is 2.20. The maximum Gasteiger partial charge on any atom is 0.115 e. The monoisotopic (exact) mass is 255 g/mol. The molecule has 100 valence electrons. The number of benzene rings is 2. The average Bonchev–Trinajstić information content (AvgIpc) is 2.41. The maximum atomic E-state index is 9.32. The van der Waals surface area contributed by atoms with Gasteiger partial charge in [-0.3, -0.25) is 0 Å². The van der Waals surface area contributed by atoms with E-state index in [1.807, 2.05) is 12.1 Å². The summed E-state index contributed by atoms with van der Waals surface area (Å²) in [5.41, 5.74) is 9.37. The first-order valence-electron chi connectivity index (χ1n) is 6.59. The van der Waals surface area contributed by atoms with E-state index in [9.17, 15) is 5.11 Å². The first-order chi connectivity index (χ1) is 9.01. The molecule has 0 spiro atoms.